The van der Waals surface area contributed by atoms with Gasteiger partial charge in [-0.15, -0.1) is 0 Å². The van der Waals surface area contributed by atoms with Crippen LogP contribution in [0, 0.1) is 5.92 Å². The highest BCUT2D eigenvalue weighted by Crippen LogP contribution is 2.26. The van der Waals surface area contributed by atoms with Crippen molar-refractivity contribution >= 4 is 6.09 Å². The monoisotopic (exact) mass is 284 g/mol. The summed E-state index contributed by atoms with van der Waals surface area (Å²) in [4.78, 5) is 14.0. The number of aliphatic hydroxyl groups is 1. The third-order valence-corrected chi connectivity index (χ3v) is 4.03. The van der Waals surface area contributed by atoms with E-state index in [0.29, 0.717) is 5.92 Å². The molecule has 1 amide bonds. The fourth-order valence-corrected chi connectivity index (χ4v) is 2.93. The number of amides is 1. The highest BCUT2D eigenvalue weighted by atomic mass is 16.6. The van der Waals surface area contributed by atoms with Crippen LogP contribution in [0.1, 0.15) is 46.5 Å². The minimum atomic E-state index is -0.431. The molecule has 0 bridgehead atoms. The van der Waals surface area contributed by atoms with Crippen molar-refractivity contribution in [3.8, 4) is 0 Å². The Morgan fingerprint density at radius 3 is 2.65 bits per heavy atom. The van der Waals surface area contributed by atoms with Crippen molar-refractivity contribution in [2.24, 2.45) is 5.92 Å². The Morgan fingerprint density at radius 1 is 1.35 bits per heavy atom. The molecule has 1 unspecified atom stereocenters. The lowest BCUT2D eigenvalue weighted by molar-refractivity contribution is 0.0219. The van der Waals surface area contributed by atoms with E-state index >= 15 is 0 Å². The van der Waals surface area contributed by atoms with Gasteiger partial charge in [0, 0.05) is 19.1 Å². The molecule has 2 aliphatic rings. The minimum Gasteiger partial charge on any atom is -0.444 e. The van der Waals surface area contributed by atoms with Gasteiger partial charge in [-0.1, -0.05) is 0 Å². The second kappa shape index (κ2) is 6.31. The van der Waals surface area contributed by atoms with E-state index in [0.717, 1.165) is 45.3 Å². The van der Waals surface area contributed by atoms with Gasteiger partial charge in [0.2, 0.25) is 0 Å². The van der Waals surface area contributed by atoms with Crippen molar-refractivity contribution in [3.63, 3.8) is 0 Å². The van der Waals surface area contributed by atoms with Crippen LogP contribution in [-0.2, 0) is 4.74 Å². The zero-order valence-electron chi connectivity index (χ0n) is 12.9. The summed E-state index contributed by atoms with van der Waals surface area (Å²) in [6, 6.07) is 0.245. The number of nitrogens with zero attached hydrogens (tertiary/aromatic N) is 1. The maximum Gasteiger partial charge on any atom is 0.410 e. The van der Waals surface area contributed by atoms with E-state index < -0.39 is 5.60 Å². The average Bonchev–Trinajstić information content (AvgIpc) is 2.72. The smallest absolute Gasteiger partial charge is 0.410 e. The lowest BCUT2D eigenvalue weighted by Gasteiger charge is -2.33. The van der Waals surface area contributed by atoms with Crippen LogP contribution in [0.25, 0.3) is 0 Å². The second-order valence-corrected chi connectivity index (χ2v) is 7.12. The molecule has 1 aliphatic carbocycles. The summed E-state index contributed by atoms with van der Waals surface area (Å²) >= 11 is 0. The Labute approximate surface area is 121 Å². The van der Waals surface area contributed by atoms with E-state index in [9.17, 15) is 9.90 Å². The van der Waals surface area contributed by atoms with Gasteiger partial charge in [-0.2, -0.15) is 0 Å². The molecule has 2 fully saturated rings. The lowest BCUT2D eigenvalue weighted by Crippen LogP contribution is -2.45. The van der Waals surface area contributed by atoms with E-state index in [1.54, 1.807) is 0 Å². The minimum absolute atomic E-state index is 0.0912. The topological polar surface area (TPSA) is 61.8 Å². The molecule has 1 atom stereocenters. The van der Waals surface area contributed by atoms with Crippen LogP contribution < -0.4 is 5.32 Å². The van der Waals surface area contributed by atoms with Gasteiger partial charge in [-0.3, -0.25) is 0 Å². The zero-order valence-corrected chi connectivity index (χ0v) is 12.9. The largest absolute Gasteiger partial charge is 0.444 e. The highest BCUT2D eigenvalue weighted by Gasteiger charge is 2.32. The number of carbonyl (C=O) groups excluding carboxylic acids is 1. The van der Waals surface area contributed by atoms with Crippen LogP contribution in [0.2, 0.25) is 0 Å². The molecule has 116 valence electrons. The first kappa shape index (κ1) is 15.6. The lowest BCUT2D eigenvalue weighted by atomic mass is 9.82. The Hall–Kier alpha value is -0.810. The molecule has 0 spiro atoms. The quantitative estimate of drug-likeness (QED) is 0.825. The number of hydrogen-bond acceptors (Lipinski definition) is 4. The molecule has 1 aliphatic heterocycles. The fourth-order valence-electron chi connectivity index (χ4n) is 2.93. The molecule has 5 nitrogen and oxygen atoms in total. The van der Waals surface area contributed by atoms with Crippen molar-refractivity contribution < 1.29 is 14.6 Å². The molecule has 0 aromatic carbocycles. The number of aliphatic hydroxyl groups excluding tert-OH is 1. The maximum absolute atomic E-state index is 12.1. The summed E-state index contributed by atoms with van der Waals surface area (Å²) in [5.41, 5.74) is -0.431. The molecule has 2 rings (SSSR count). The standard InChI is InChI=1S/C15H28N2O3/c1-15(2,3)20-14(19)17-6-4-5-12(17)10-16-9-11-7-13(18)8-11/h11-13,16,18H,4-10H2,1-3H3. The average molecular weight is 284 g/mol. The molecular formula is C15H28N2O3. The molecule has 0 aromatic heterocycles. The summed E-state index contributed by atoms with van der Waals surface area (Å²) < 4.78 is 5.45. The van der Waals surface area contributed by atoms with E-state index in [2.05, 4.69) is 5.32 Å². The van der Waals surface area contributed by atoms with Crippen molar-refractivity contribution in [1.29, 1.82) is 0 Å². The van der Waals surface area contributed by atoms with E-state index in [1.165, 1.54) is 0 Å². The summed E-state index contributed by atoms with van der Waals surface area (Å²) in [6.45, 7) is 8.26. The molecule has 0 aromatic rings. The molecule has 20 heavy (non-hydrogen) atoms. The Balaban J connectivity index is 1.71. The van der Waals surface area contributed by atoms with Gasteiger partial charge in [0.1, 0.15) is 5.60 Å². The van der Waals surface area contributed by atoms with Gasteiger partial charge in [0.25, 0.3) is 0 Å². The molecule has 1 saturated heterocycles. The Bertz CT molecular complexity index is 335. The number of hydrogen-bond donors (Lipinski definition) is 2. The summed E-state index contributed by atoms with van der Waals surface area (Å²) in [7, 11) is 0. The van der Waals surface area contributed by atoms with E-state index in [4.69, 9.17) is 4.74 Å². The van der Waals surface area contributed by atoms with Gasteiger partial charge in [-0.25, -0.2) is 4.79 Å². The Kier molecular flexibility index (Phi) is 4.91. The molecule has 2 N–H and O–H groups in total. The predicted molar refractivity (Wildman–Crippen MR) is 77.6 cm³/mol. The van der Waals surface area contributed by atoms with Gasteiger partial charge in [0.15, 0.2) is 0 Å². The number of ether oxygens (including phenoxy) is 1. The molecule has 1 heterocycles. The molecule has 1 saturated carbocycles. The summed E-state index contributed by atoms with van der Waals surface area (Å²) in [5.74, 6) is 0.598. The number of carbonyl (C=O) groups is 1. The van der Waals surface area contributed by atoms with Crippen LogP contribution >= 0.6 is 0 Å². The normalized spacial score (nSPS) is 30.2. The van der Waals surface area contributed by atoms with Crippen molar-refractivity contribution in [2.45, 2.75) is 64.2 Å². The Morgan fingerprint density at radius 2 is 2.05 bits per heavy atom. The molecular weight excluding hydrogens is 256 g/mol. The first-order valence-electron chi connectivity index (χ1n) is 7.73. The predicted octanol–water partition coefficient (Wildman–Crippen LogP) is 1.75. The fraction of sp³-hybridized carbons (Fsp3) is 0.933. The van der Waals surface area contributed by atoms with Crippen LogP contribution in [0.5, 0.6) is 0 Å². The maximum atomic E-state index is 12.1. The zero-order chi connectivity index (χ0) is 14.8. The van der Waals surface area contributed by atoms with Crippen molar-refractivity contribution in [1.82, 2.24) is 10.2 Å². The number of likely N-dealkylation sites (tertiary alicyclic amines) is 1. The van der Waals surface area contributed by atoms with Gasteiger partial charge in [0.05, 0.1) is 6.10 Å². The van der Waals surface area contributed by atoms with Crippen LogP contribution in [0.15, 0.2) is 0 Å². The van der Waals surface area contributed by atoms with Crippen LogP contribution in [0.3, 0.4) is 0 Å². The summed E-state index contributed by atoms with van der Waals surface area (Å²) in [6.07, 6.45) is 3.63. The summed E-state index contributed by atoms with van der Waals surface area (Å²) in [5, 5.41) is 12.7. The number of rotatable bonds is 4. The molecule has 0 radical (unpaired) electrons. The van der Waals surface area contributed by atoms with E-state index in [-0.39, 0.29) is 18.2 Å². The third-order valence-electron chi connectivity index (χ3n) is 4.03. The van der Waals surface area contributed by atoms with Gasteiger partial charge >= 0.3 is 6.09 Å². The van der Waals surface area contributed by atoms with Crippen molar-refractivity contribution in [3.05, 3.63) is 0 Å². The van der Waals surface area contributed by atoms with Gasteiger partial charge < -0.3 is 20.1 Å². The van der Waals surface area contributed by atoms with Crippen molar-refractivity contribution in [2.75, 3.05) is 19.6 Å². The number of nitrogens with one attached hydrogen (secondary N) is 1. The van der Waals surface area contributed by atoms with Gasteiger partial charge in [-0.05, 0) is 58.9 Å². The van der Waals surface area contributed by atoms with Crippen LogP contribution in [0.4, 0.5) is 4.79 Å². The van der Waals surface area contributed by atoms with E-state index in [1.807, 2.05) is 25.7 Å². The SMILES string of the molecule is CC(C)(C)OC(=O)N1CCCC1CNCC1CC(O)C1. The first-order valence-corrected chi connectivity index (χ1v) is 7.73. The highest BCUT2D eigenvalue weighted by molar-refractivity contribution is 5.69. The molecule has 5 heteroatoms. The second-order valence-electron chi connectivity index (χ2n) is 7.12. The van der Waals surface area contributed by atoms with Crippen LogP contribution in [-0.4, -0.2) is 53.5 Å². The first-order chi connectivity index (χ1) is 9.35. The third kappa shape index (κ3) is 4.35.